The summed E-state index contributed by atoms with van der Waals surface area (Å²) in [7, 11) is 0. The number of hydrogen-bond donors (Lipinski definition) is 2. The summed E-state index contributed by atoms with van der Waals surface area (Å²) >= 11 is 0. The smallest absolute Gasteiger partial charge is 0.0671 e. The van der Waals surface area contributed by atoms with Crippen molar-refractivity contribution < 1.29 is 0 Å². The number of hydrogen-bond acceptors (Lipinski definition) is 2. The van der Waals surface area contributed by atoms with Gasteiger partial charge >= 0.3 is 0 Å². The fraction of sp³-hybridized carbons (Fsp3) is 0.417. The highest BCUT2D eigenvalue weighted by Gasteiger charge is 2.03. The highest BCUT2D eigenvalue weighted by atomic mass is 15.1. The van der Waals surface area contributed by atoms with Crippen LogP contribution in [-0.2, 0) is 0 Å². The Morgan fingerprint density at radius 1 is 1.47 bits per heavy atom. The van der Waals surface area contributed by atoms with Gasteiger partial charge in [-0.1, -0.05) is 26.3 Å². The second kappa shape index (κ2) is 4.34. The Balaban J connectivity index is 2.17. The van der Waals surface area contributed by atoms with E-state index in [1.54, 1.807) is 0 Å². The third-order valence-corrected chi connectivity index (χ3v) is 2.82. The molecule has 1 atom stereocenters. The van der Waals surface area contributed by atoms with E-state index >= 15 is 0 Å². The van der Waals surface area contributed by atoms with Gasteiger partial charge in [0.1, 0.15) is 0 Å². The molecule has 0 saturated heterocycles. The number of fused-ring (bicyclic) bond motifs is 1. The summed E-state index contributed by atoms with van der Waals surface area (Å²) in [5.74, 6) is 0.701. The lowest BCUT2D eigenvalue weighted by atomic mass is 10.1. The van der Waals surface area contributed by atoms with Crippen LogP contribution in [-0.4, -0.2) is 16.7 Å². The molecule has 2 N–H and O–H groups in total. The molecule has 80 valence electrons. The van der Waals surface area contributed by atoms with E-state index in [1.165, 1.54) is 17.5 Å². The Labute approximate surface area is 89.9 Å². The summed E-state index contributed by atoms with van der Waals surface area (Å²) in [6.07, 6.45) is 3.07. The number of H-pyrrole nitrogens is 1. The van der Waals surface area contributed by atoms with E-state index in [9.17, 15) is 0 Å². The minimum atomic E-state index is 0.701. The summed E-state index contributed by atoms with van der Waals surface area (Å²) in [6, 6.07) is 6.18. The van der Waals surface area contributed by atoms with Crippen LogP contribution >= 0.6 is 0 Å². The predicted molar refractivity (Wildman–Crippen MR) is 64.0 cm³/mol. The van der Waals surface area contributed by atoms with Crippen LogP contribution in [0.5, 0.6) is 0 Å². The molecular formula is C12H17N3. The first kappa shape index (κ1) is 10.0. The molecule has 2 aromatic rings. The van der Waals surface area contributed by atoms with Gasteiger partial charge in [-0.05, 0) is 18.1 Å². The van der Waals surface area contributed by atoms with Crippen molar-refractivity contribution in [2.45, 2.75) is 20.3 Å². The Kier molecular flexibility index (Phi) is 2.90. The van der Waals surface area contributed by atoms with E-state index in [0.29, 0.717) is 5.92 Å². The van der Waals surface area contributed by atoms with Gasteiger partial charge in [0, 0.05) is 17.6 Å². The summed E-state index contributed by atoms with van der Waals surface area (Å²) in [4.78, 5) is 0. The molecule has 1 aromatic carbocycles. The molecule has 1 heterocycles. The van der Waals surface area contributed by atoms with Crippen LogP contribution in [0.3, 0.4) is 0 Å². The summed E-state index contributed by atoms with van der Waals surface area (Å²) < 4.78 is 0. The SMILES string of the molecule is CCC(C)CNc1cccc2[nH]ncc12. The van der Waals surface area contributed by atoms with Crippen LogP contribution in [0.15, 0.2) is 24.4 Å². The quantitative estimate of drug-likeness (QED) is 0.802. The van der Waals surface area contributed by atoms with E-state index in [4.69, 9.17) is 0 Å². The highest BCUT2D eigenvalue weighted by molar-refractivity contribution is 5.90. The highest BCUT2D eigenvalue weighted by Crippen LogP contribution is 2.21. The molecule has 1 unspecified atom stereocenters. The van der Waals surface area contributed by atoms with Crippen LogP contribution in [0.25, 0.3) is 10.9 Å². The van der Waals surface area contributed by atoms with Crippen molar-refractivity contribution in [3.8, 4) is 0 Å². The molecule has 0 saturated carbocycles. The maximum atomic E-state index is 4.04. The molecule has 15 heavy (non-hydrogen) atoms. The van der Waals surface area contributed by atoms with Crippen molar-refractivity contribution in [1.29, 1.82) is 0 Å². The summed E-state index contributed by atoms with van der Waals surface area (Å²) in [6.45, 7) is 5.48. The van der Waals surface area contributed by atoms with Gasteiger partial charge in [-0.3, -0.25) is 5.10 Å². The number of anilines is 1. The molecule has 1 aromatic heterocycles. The normalized spacial score (nSPS) is 12.9. The lowest BCUT2D eigenvalue weighted by molar-refractivity contribution is 0.594. The molecule has 3 nitrogen and oxygen atoms in total. The lowest BCUT2D eigenvalue weighted by Gasteiger charge is -2.11. The van der Waals surface area contributed by atoms with Crippen molar-refractivity contribution in [2.24, 2.45) is 5.92 Å². The molecule has 0 amide bonds. The van der Waals surface area contributed by atoms with Gasteiger partial charge in [0.05, 0.1) is 11.7 Å². The van der Waals surface area contributed by atoms with Gasteiger partial charge in [-0.25, -0.2) is 0 Å². The Morgan fingerprint density at radius 3 is 3.13 bits per heavy atom. The van der Waals surface area contributed by atoms with Gasteiger partial charge < -0.3 is 5.32 Å². The molecular weight excluding hydrogens is 186 g/mol. The fourth-order valence-electron chi connectivity index (χ4n) is 1.55. The van der Waals surface area contributed by atoms with Crippen molar-refractivity contribution in [1.82, 2.24) is 10.2 Å². The van der Waals surface area contributed by atoms with Crippen LogP contribution in [0.4, 0.5) is 5.69 Å². The zero-order valence-electron chi connectivity index (χ0n) is 9.25. The largest absolute Gasteiger partial charge is 0.384 e. The van der Waals surface area contributed by atoms with Crippen LogP contribution < -0.4 is 5.32 Å². The second-order valence-electron chi connectivity index (χ2n) is 4.03. The average Bonchev–Trinajstić information content (AvgIpc) is 2.74. The van der Waals surface area contributed by atoms with E-state index in [2.05, 4.69) is 35.4 Å². The molecule has 0 aliphatic carbocycles. The molecule has 0 aliphatic heterocycles. The Hall–Kier alpha value is -1.51. The topological polar surface area (TPSA) is 40.7 Å². The zero-order chi connectivity index (χ0) is 10.7. The van der Waals surface area contributed by atoms with E-state index in [-0.39, 0.29) is 0 Å². The van der Waals surface area contributed by atoms with E-state index < -0.39 is 0 Å². The van der Waals surface area contributed by atoms with Gasteiger partial charge in [0.2, 0.25) is 0 Å². The van der Waals surface area contributed by atoms with Crippen molar-refractivity contribution in [3.05, 3.63) is 24.4 Å². The maximum absolute atomic E-state index is 4.04. The van der Waals surface area contributed by atoms with Gasteiger partial charge in [0.25, 0.3) is 0 Å². The minimum Gasteiger partial charge on any atom is -0.384 e. The number of benzene rings is 1. The molecule has 0 spiro atoms. The lowest BCUT2D eigenvalue weighted by Crippen LogP contribution is -2.10. The molecule has 3 heteroatoms. The first-order valence-electron chi connectivity index (χ1n) is 5.47. The first-order valence-corrected chi connectivity index (χ1v) is 5.47. The van der Waals surface area contributed by atoms with E-state index in [0.717, 1.165) is 12.1 Å². The number of nitrogens with zero attached hydrogens (tertiary/aromatic N) is 1. The maximum Gasteiger partial charge on any atom is 0.0671 e. The number of nitrogens with one attached hydrogen (secondary N) is 2. The second-order valence-corrected chi connectivity index (χ2v) is 4.03. The van der Waals surface area contributed by atoms with Crippen LogP contribution in [0.1, 0.15) is 20.3 Å². The number of rotatable bonds is 4. The van der Waals surface area contributed by atoms with Gasteiger partial charge in [-0.2, -0.15) is 5.10 Å². The van der Waals surface area contributed by atoms with Crippen LogP contribution in [0.2, 0.25) is 0 Å². The molecule has 0 fully saturated rings. The zero-order valence-corrected chi connectivity index (χ0v) is 9.25. The van der Waals surface area contributed by atoms with Gasteiger partial charge in [0.15, 0.2) is 0 Å². The standard InChI is InChI=1S/C12H17N3/c1-3-9(2)7-13-11-5-4-6-12-10(11)8-14-15-12/h4-6,8-9,13H,3,7H2,1-2H3,(H,14,15). The van der Waals surface area contributed by atoms with Crippen LogP contribution in [0, 0.1) is 5.92 Å². The predicted octanol–water partition coefficient (Wildman–Crippen LogP) is 3.02. The Bertz CT molecular complexity index is 433. The molecule has 0 bridgehead atoms. The Morgan fingerprint density at radius 2 is 2.33 bits per heavy atom. The third kappa shape index (κ3) is 2.12. The van der Waals surface area contributed by atoms with Crippen molar-refractivity contribution in [2.75, 3.05) is 11.9 Å². The summed E-state index contributed by atoms with van der Waals surface area (Å²) in [5, 5.41) is 11.6. The third-order valence-electron chi connectivity index (χ3n) is 2.82. The number of aromatic amines is 1. The van der Waals surface area contributed by atoms with Gasteiger partial charge in [-0.15, -0.1) is 0 Å². The monoisotopic (exact) mass is 203 g/mol. The van der Waals surface area contributed by atoms with Crippen molar-refractivity contribution >= 4 is 16.6 Å². The molecule has 2 rings (SSSR count). The van der Waals surface area contributed by atoms with E-state index in [1.807, 2.05) is 18.3 Å². The molecule has 0 radical (unpaired) electrons. The fourth-order valence-corrected chi connectivity index (χ4v) is 1.55. The first-order chi connectivity index (χ1) is 7.31. The average molecular weight is 203 g/mol. The summed E-state index contributed by atoms with van der Waals surface area (Å²) in [5.41, 5.74) is 2.26. The molecule has 0 aliphatic rings. The number of aromatic nitrogens is 2. The minimum absolute atomic E-state index is 0.701. The van der Waals surface area contributed by atoms with Crippen molar-refractivity contribution in [3.63, 3.8) is 0 Å².